The predicted molar refractivity (Wildman–Crippen MR) is 73.7 cm³/mol. The second-order valence-electron chi connectivity index (χ2n) is 5.29. The molecule has 0 radical (unpaired) electrons. The second-order valence-corrected chi connectivity index (χ2v) is 5.65. The van der Waals surface area contributed by atoms with Crippen LogP contribution < -0.4 is 9.64 Å². The summed E-state index contributed by atoms with van der Waals surface area (Å²) in [5.41, 5.74) is -0.0235. The molecule has 2 heterocycles. The van der Waals surface area contributed by atoms with Gasteiger partial charge in [-0.2, -0.15) is 4.98 Å². The highest BCUT2D eigenvalue weighted by molar-refractivity contribution is 6.32. The molecule has 1 amide bonds. The highest BCUT2D eigenvalue weighted by Crippen LogP contribution is 2.33. The average molecular weight is 299 g/mol. The number of carbonyl (C=O) groups is 2. The van der Waals surface area contributed by atoms with Crippen molar-refractivity contribution in [2.45, 2.75) is 26.4 Å². The summed E-state index contributed by atoms with van der Waals surface area (Å²) >= 11 is 5.84. The van der Waals surface area contributed by atoms with Crippen LogP contribution in [-0.2, 0) is 4.74 Å². The molecule has 0 fully saturated rings. The summed E-state index contributed by atoms with van der Waals surface area (Å²) in [6.07, 6.45) is 0.0698. The third-order valence-corrected chi connectivity index (χ3v) is 2.84. The fourth-order valence-electron chi connectivity index (χ4n) is 1.72. The number of nitrogens with zero attached hydrogens (tertiary/aromatic N) is 2. The van der Waals surface area contributed by atoms with Crippen LogP contribution in [0.4, 0.5) is 10.5 Å². The van der Waals surface area contributed by atoms with Gasteiger partial charge >= 0.3 is 6.09 Å². The molecule has 1 aromatic rings. The molecule has 0 N–H and O–H groups in total. The van der Waals surface area contributed by atoms with Crippen LogP contribution in [0.25, 0.3) is 0 Å². The highest BCUT2D eigenvalue weighted by Gasteiger charge is 2.30. The third-order valence-electron chi connectivity index (χ3n) is 2.53. The van der Waals surface area contributed by atoms with Crippen molar-refractivity contribution in [2.24, 2.45) is 0 Å². The standard InChI is InChI=1S/C13H15ClN2O4/c1-13(2,3)20-12(18)16-4-5-19-11-9(16)6-8(7-17)10(14)15-11/h6-7H,4-5H2,1-3H3. The number of ether oxygens (including phenoxy) is 2. The van der Waals surface area contributed by atoms with E-state index in [0.29, 0.717) is 18.5 Å². The topological polar surface area (TPSA) is 68.7 Å². The van der Waals surface area contributed by atoms with Gasteiger partial charge in [-0.05, 0) is 26.8 Å². The largest absolute Gasteiger partial charge is 0.474 e. The number of pyridine rings is 1. The summed E-state index contributed by atoms with van der Waals surface area (Å²) in [6, 6.07) is 1.47. The van der Waals surface area contributed by atoms with Gasteiger partial charge in [0.1, 0.15) is 23.0 Å². The first kappa shape index (κ1) is 14.6. The quantitative estimate of drug-likeness (QED) is 0.589. The molecule has 20 heavy (non-hydrogen) atoms. The van der Waals surface area contributed by atoms with Gasteiger partial charge in [0.15, 0.2) is 6.29 Å². The average Bonchev–Trinajstić information content (AvgIpc) is 2.35. The van der Waals surface area contributed by atoms with Gasteiger partial charge in [-0.3, -0.25) is 9.69 Å². The normalized spacial score (nSPS) is 14.3. The van der Waals surface area contributed by atoms with E-state index in [0.717, 1.165) is 0 Å². The molecule has 7 heteroatoms. The minimum absolute atomic E-state index is 0.0461. The van der Waals surface area contributed by atoms with Gasteiger partial charge in [-0.15, -0.1) is 0 Å². The van der Waals surface area contributed by atoms with Crippen LogP contribution in [-0.4, -0.2) is 36.1 Å². The summed E-state index contributed by atoms with van der Waals surface area (Å²) in [4.78, 5) is 28.4. The minimum Gasteiger partial charge on any atom is -0.474 e. The number of hydrogen-bond acceptors (Lipinski definition) is 5. The first-order valence-corrected chi connectivity index (χ1v) is 6.48. The van der Waals surface area contributed by atoms with Crippen molar-refractivity contribution < 1.29 is 19.1 Å². The lowest BCUT2D eigenvalue weighted by Crippen LogP contribution is -2.41. The molecule has 0 saturated carbocycles. The number of rotatable bonds is 1. The molecule has 0 atom stereocenters. The number of amides is 1. The van der Waals surface area contributed by atoms with Gasteiger partial charge in [-0.1, -0.05) is 11.6 Å². The van der Waals surface area contributed by atoms with E-state index in [2.05, 4.69) is 4.98 Å². The minimum atomic E-state index is -0.608. The highest BCUT2D eigenvalue weighted by atomic mass is 35.5. The Balaban J connectivity index is 2.36. The molecule has 0 unspecified atom stereocenters. The van der Waals surface area contributed by atoms with Crippen molar-refractivity contribution in [3.8, 4) is 5.88 Å². The fourth-order valence-corrected chi connectivity index (χ4v) is 1.90. The summed E-state index contributed by atoms with van der Waals surface area (Å²) in [7, 11) is 0. The van der Waals surface area contributed by atoms with Gasteiger partial charge in [0.05, 0.1) is 12.1 Å². The molecule has 0 saturated heterocycles. The van der Waals surface area contributed by atoms with E-state index in [1.807, 2.05) is 0 Å². The lowest BCUT2D eigenvalue weighted by Gasteiger charge is -2.31. The number of anilines is 1. The van der Waals surface area contributed by atoms with Gasteiger partial charge in [-0.25, -0.2) is 4.79 Å². The molecule has 108 valence electrons. The van der Waals surface area contributed by atoms with Gasteiger partial charge in [0.2, 0.25) is 5.88 Å². The van der Waals surface area contributed by atoms with Crippen LogP contribution >= 0.6 is 11.6 Å². The lowest BCUT2D eigenvalue weighted by atomic mass is 10.2. The third kappa shape index (κ3) is 3.01. The molecule has 0 aliphatic carbocycles. The fraction of sp³-hybridized carbons (Fsp3) is 0.462. The molecular weight excluding hydrogens is 284 g/mol. The second kappa shape index (κ2) is 5.28. The number of carbonyl (C=O) groups excluding carboxylic acids is 2. The SMILES string of the molecule is CC(C)(C)OC(=O)N1CCOc2nc(Cl)c(C=O)cc21. The molecule has 6 nitrogen and oxygen atoms in total. The lowest BCUT2D eigenvalue weighted by molar-refractivity contribution is 0.0566. The zero-order valence-corrected chi connectivity index (χ0v) is 12.2. The smallest absolute Gasteiger partial charge is 0.415 e. The van der Waals surface area contributed by atoms with Crippen LogP contribution in [0.2, 0.25) is 5.15 Å². The Morgan fingerprint density at radius 3 is 2.85 bits per heavy atom. The predicted octanol–water partition coefficient (Wildman–Crippen LogP) is 2.68. The van der Waals surface area contributed by atoms with Crippen molar-refractivity contribution in [1.29, 1.82) is 0 Å². The zero-order chi connectivity index (χ0) is 14.9. The summed E-state index contributed by atoms with van der Waals surface area (Å²) < 4.78 is 10.7. The maximum Gasteiger partial charge on any atom is 0.415 e. The maximum atomic E-state index is 12.2. The maximum absolute atomic E-state index is 12.2. The summed E-state index contributed by atoms with van der Waals surface area (Å²) in [5.74, 6) is 0.220. The van der Waals surface area contributed by atoms with Crippen molar-refractivity contribution in [2.75, 3.05) is 18.1 Å². The molecule has 0 spiro atoms. The molecule has 0 aromatic carbocycles. The number of hydrogen-bond donors (Lipinski definition) is 0. The van der Waals surface area contributed by atoms with E-state index >= 15 is 0 Å². The zero-order valence-electron chi connectivity index (χ0n) is 11.5. The van der Waals surface area contributed by atoms with E-state index in [4.69, 9.17) is 21.1 Å². The molecule has 1 aliphatic rings. The first-order chi connectivity index (χ1) is 9.31. The Morgan fingerprint density at radius 2 is 2.25 bits per heavy atom. The van der Waals surface area contributed by atoms with Crippen LogP contribution in [0.1, 0.15) is 31.1 Å². The van der Waals surface area contributed by atoms with Crippen LogP contribution in [0.5, 0.6) is 5.88 Å². The first-order valence-electron chi connectivity index (χ1n) is 6.11. The molecule has 1 aliphatic heterocycles. The monoisotopic (exact) mass is 298 g/mol. The summed E-state index contributed by atoms with van der Waals surface area (Å²) in [5, 5.41) is 0.0461. The van der Waals surface area contributed by atoms with Crippen molar-refractivity contribution in [3.05, 3.63) is 16.8 Å². The van der Waals surface area contributed by atoms with E-state index in [1.165, 1.54) is 11.0 Å². The van der Waals surface area contributed by atoms with Crippen molar-refractivity contribution >= 4 is 29.7 Å². The Kier molecular flexibility index (Phi) is 3.85. The number of aromatic nitrogens is 1. The molecule has 1 aromatic heterocycles. The molecule has 2 rings (SSSR count). The number of fused-ring (bicyclic) bond motifs is 1. The van der Waals surface area contributed by atoms with E-state index in [-0.39, 0.29) is 23.2 Å². The van der Waals surface area contributed by atoms with E-state index in [1.54, 1.807) is 20.8 Å². The summed E-state index contributed by atoms with van der Waals surface area (Å²) in [6.45, 7) is 5.95. The number of halogens is 1. The van der Waals surface area contributed by atoms with E-state index < -0.39 is 11.7 Å². The Morgan fingerprint density at radius 1 is 1.55 bits per heavy atom. The van der Waals surface area contributed by atoms with Crippen LogP contribution in [0.15, 0.2) is 6.07 Å². The van der Waals surface area contributed by atoms with Crippen LogP contribution in [0, 0.1) is 0 Å². The molecule has 0 bridgehead atoms. The number of aldehydes is 1. The molecular formula is C13H15ClN2O4. The Labute approximate surface area is 121 Å². The van der Waals surface area contributed by atoms with Gasteiger partial charge < -0.3 is 9.47 Å². The van der Waals surface area contributed by atoms with Crippen LogP contribution in [0.3, 0.4) is 0 Å². The van der Waals surface area contributed by atoms with Gasteiger partial charge in [0, 0.05) is 0 Å². The van der Waals surface area contributed by atoms with Crippen molar-refractivity contribution in [3.63, 3.8) is 0 Å². The van der Waals surface area contributed by atoms with E-state index in [9.17, 15) is 9.59 Å². The van der Waals surface area contributed by atoms with Crippen molar-refractivity contribution in [1.82, 2.24) is 4.98 Å². The Hall–Kier alpha value is -1.82. The van der Waals surface area contributed by atoms with Gasteiger partial charge in [0.25, 0.3) is 0 Å². The Bertz CT molecular complexity index is 554.